The Balaban J connectivity index is 0.000000175. The molecule has 0 amide bonds. The minimum absolute atomic E-state index is 0.111. The Labute approximate surface area is 141 Å². The van der Waals surface area contributed by atoms with Crippen LogP contribution in [-0.4, -0.2) is 27.4 Å². The summed E-state index contributed by atoms with van der Waals surface area (Å²) in [6.07, 6.45) is 14.3. The number of carboxylic acids is 1. The smallest absolute Gasteiger partial charge is 0.306 e. The summed E-state index contributed by atoms with van der Waals surface area (Å²) in [6.45, 7) is 4.00. The number of fused-ring (bicyclic) bond motifs is 2. The maximum absolute atomic E-state index is 10.4. The van der Waals surface area contributed by atoms with E-state index in [4.69, 9.17) is 5.11 Å². The molecule has 4 atom stereocenters. The van der Waals surface area contributed by atoms with E-state index in [0.29, 0.717) is 6.04 Å². The first-order valence-corrected chi connectivity index (χ1v) is 9.77. The Hall–Kier alpha value is -0.930. The van der Waals surface area contributed by atoms with Crippen LogP contribution in [0.4, 0.5) is 0 Å². The van der Waals surface area contributed by atoms with Gasteiger partial charge in [-0.05, 0) is 32.1 Å². The lowest BCUT2D eigenvalue weighted by Gasteiger charge is -2.57. The van der Waals surface area contributed by atoms with E-state index in [1.54, 1.807) is 4.70 Å². The van der Waals surface area contributed by atoms with Gasteiger partial charge in [-0.25, -0.2) is 0 Å². The molecule has 2 saturated heterocycles. The normalized spacial score (nSPS) is 33.4. The number of aliphatic carboxylic acids is 1. The third-order valence-corrected chi connectivity index (χ3v) is 6.41. The molecule has 0 radical (unpaired) electrons. The van der Waals surface area contributed by atoms with Gasteiger partial charge < -0.3 is 15.3 Å². The molecule has 3 rings (SSSR count). The predicted molar refractivity (Wildman–Crippen MR) is 91.5 cm³/mol. The van der Waals surface area contributed by atoms with Gasteiger partial charge in [0.15, 0.2) is 11.6 Å². The molecule has 4 nitrogen and oxygen atoms in total. The molecule has 1 saturated carbocycles. The lowest BCUT2D eigenvalue weighted by molar-refractivity contribution is -0.756. The SMILES string of the molecule is CCCCC(CC)C(=O)O.[N-]=[N+]1C2CCCC13CCCCCC23. The molecule has 3 aliphatic rings. The molecule has 2 heterocycles. The molecule has 4 heteroatoms. The molecule has 0 aromatic carbocycles. The zero-order valence-electron chi connectivity index (χ0n) is 15.0. The Kier molecular flexibility index (Phi) is 6.60. The molecule has 23 heavy (non-hydrogen) atoms. The van der Waals surface area contributed by atoms with Crippen LogP contribution in [-0.2, 0) is 4.79 Å². The van der Waals surface area contributed by atoms with E-state index in [-0.39, 0.29) is 11.5 Å². The molecule has 4 unspecified atom stereocenters. The molecule has 1 N–H and O–H groups in total. The van der Waals surface area contributed by atoms with Crippen LogP contribution >= 0.6 is 0 Å². The molecule has 1 spiro atoms. The van der Waals surface area contributed by atoms with Crippen LogP contribution in [0, 0.1) is 11.8 Å². The Morgan fingerprint density at radius 1 is 1.22 bits per heavy atom. The van der Waals surface area contributed by atoms with Gasteiger partial charge in [-0.3, -0.25) is 4.79 Å². The summed E-state index contributed by atoms with van der Waals surface area (Å²) in [4.78, 5) is 10.4. The van der Waals surface area contributed by atoms with Gasteiger partial charge in [0.1, 0.15) is 0 Å². The quantitative estimate of drug-likeness (QED) is 0.708. The van der Waals surface area contributed by atoms with Crippen molar-refractivity contribution in [3.8, 4) is 0 Å². The van der Waals surface area contributed by atoms with Crippen LogP contribution in [0.15, 0.2) is 0 Å². The summed E-state index contributed by atoms with van der Waals surface area (Å²) in [5.74, 6) is 0.0876. The van der Waals surface area contributed by atoms with Crippen molar-refractivity contribution >= 4 is 5.97 Å². The number of rotatable bonds is 5. The maximum Gasteiger partial charge on any atom is 0.306 e. The van der Waals surface area contributed by atoms with Gasteiger partial charge in [0.2, 0.25) is 0 Å². The number of nitrogens with zero attached hydrogens (tertiary/aromatic N) is 2. The second kappa shape index (κ2) is 8.25. The summed E-state index contributed by atoms with van der Waals surface area (Å²) in [5.41, 5.74) is 10.2. The highest BCUT2D eigenvalue weighted by molar-refractivity contribution is 5.69. The second-order valence-electron chi connectivity index (χ2n) is 7.70. The van der Waals surface area contributed by atoms with E-state index in [2.05, 4.69) is 6.92 Å². The summed E-state index contributed by atoms with van der Waals surface area (Å²) < 4.78 is 1.73. The second-order valence-corrected chi connectivity index (χ2v) is 7.70. The van der Waals surface area contributed by atoms with Gasteiger partial charge in [0.25, 0.3) is 0 Å². The largest absolute Gasteiger partial charge is 0.506 e. The van der Waals surface area contributed by atoms with E-state index in [9.17, 15) is 10.3 Å². The van der Waals surface area contributed by atoms with Gasteiger partial charge >= 0.3 is 5.97 Å². The van der Waals surface area contributed by atoms with Gasteiger partial charge in [-0.15, -0.1) is 0 Å². The van der Waals surface area contributed by atoms with E-state index >= 15 is 0 Å². The highest BCUT2D eigenvalue weighted by atomic mass is 16.4. The third-order valence-electron chi connectivity index (χ3n) is 6.41. The molecule has 0 aromatic rings. The minimum Gasteiger partial charge on any atom is -0.506 e. The third kappa shape index (κ3) is 3.77. The van der Waals surface area contributed by atoms with Crippen LogP contribution < -0.4 is 0 Å². The number of carbonyl (C=O) groups is 1. The molecular formula is C19H34N2O2. The first kappa shape index (κ1) is 18.4. The molecule has 2 aliphatic heterocycles. The summed E-state index contributed by atoms with van der Waals surface area (Å²) in [7, 11) is 0. The van der Waals surface area contributed by atoms with Crippen molar-refractivity contribution in [1.82, 2.24) is 0 Å². The minimum atomic E-state index is -0.643. The fourth-order valence-corrected chi connectivity index (χ4v) is 5.00. The van der Waals surface area contributed by atoms with Crippen molar-refractivity contribution in [2.45, 2.75) is 102 Å². The molecular weight excluding hydrogens is 288 g/mol. The number of unbranched alkanes of at least 4 members (excludes halogenated alkanes) is 1. The topological polar surface area (TPSA) is 62.6 Å². The van der Waals surface area contributed by atoms with Crippen molar-refractivity contribution in [3.63, 3.8) is 0 Å². The molecule has 132 valence electrons. The van der Waals surface area contributed by atoms with E-state index < -0.39 is 5.97 Å². The van der Waals surface area contributed by atoms with Gasteiger partial charge in [-0.2, -0.15) is 0 Å². The van der Waals surface area contributed by atoms with Crippen LogP contribution in [0.25, 0.3) is 5.53 Å². The predicted octanol–water partition coefficient (Wildman–Crippen LogP) is 5.19. The van der Waals surface area contributed by atoms with Crippen molar-refractivity contribution in [3.05, 3.63) is 5.53 Å². The van der Waals surface area contributed by atoms with E-state index in [1.807, 2.05) is 6.92 Å². The van der Waals surface area contributed by atoms with Crippen LogP contribution in [0.3, 0.4) is 0 Å². The average molecular weight is 322 g/mol. The molecule has 2 bridgehead atoms. The van der Waals surface area contributed by atoms with Gasteiger partial charge in [0, 0.05) is 19.3 Å². The number of hydrogen-bond donors (Lipinski definition) is 1. The average Bonchev–Trinajstić information content (AvgIpc) is 2.76. The Bertz CT molecular complexity index is 424. The lowest BCUT2D eigenvalue weighted by Crippen LogP contribution is -2.69. The lowest BCUT2D eigenvalue weighted by atomic mass is 9.59. The van der Waals surface area contributed by atoms with Crippen LogP contribution in [0.5, 0.6) is 0 Å². The van der Waals surface area contributed by atoms with E-state index in [1.165, 1.54) is 51.4 Å². The summed E-state index contributed by atoms with van der Waals surface area (Å²) in [5, 5.41) is 8.60. The fourth-order valence-electron chi connectivity index (χ4n) is 5.00. The Morgan fingerprint density at radius 2 is 1.96 bits per heavy atom. The van der Waals surface area contributed by atoms with Crippen LogP contribution in [0.2, 0.25) is 0 Å². The van der Waals surface area contributed by atoms with Crippen molar-refractivity contribution in [2.75, 3.05) is 0 Å². The molecule has 1 aliphatic carbocycles. The highest BCUT2D eigenvalue weighted by Crippen LogP contribution is 2.54. The first-order chi connectivity index (χ1) is 11.1. The van der Waals surface area contributed by atoms with Crippen molar-refractivity contribution in [2.24, 2.45) is 11.8 Å². The monoisotopic (exact) mass is 322 g/mol. The number of piperidine rings is 1. The van der Waals surface area contributed by atoms with Gasteiger partial charge in [-0.1, -0.05) is 39.5 Å². The molecule has 3 fully saturated rings. The van der Waals surface area contributed by atoms with Crippen LogP contribution in [0.1, 0.15) is 90.9 Å². The van der Waals surface area contributed by atoms with E-state index in [0.717, 1.165) is 31.6 Å². The zero-order valence-corrected chi connectivity index (χ0v) is 15.0. The number of carboxylic acid groups (broad SMARTS) is 1. The maximum atomic E-state index is 10.4. The van der Waals surface area contributed by atoms with Gasteiger partial charge in [0.05, 0.1) is 11.8 Å². The number of hydrogen-bond acceptors (Lipinski definition) is 1. The highest BCUT2D eigenvalue weighted by Gasteiger charge is 2.64. The summed E-state index contributed by atoms with van der Waals surface area (Å²) in [6, 6.07) is 0.534. The summed E-state index contributed by atoms with van der Waals surface area (Å²) >= 11 is 0. The van der Waals surface area contributed by atoms with Crippen molar-refractivity contribution in [1.29, 1.82) is 0 Å². The Morgan fingerprint density at radius 3 is 2.57 bits per heavy atom. The molecule has 0 aromatic heterocycles. The zero-order chi connectivity index (χ0) is 16.9. The standard InChI is InChI=1S/C11H18N2.C8H16O2/c12-13-10-6-4-8-11(13)7-3-1-2-5-9(10)11;1-3-5-6-7(4-2)8(9)10/h9-10H,1-8H2;7H,3-6H2,1-2H3,(H,9,10). The van der Waals surface area contributed by atoms with Crippen molar-refractivity contribution < 1.29 is 14.6 Å². The first-order valence-electron chi connectivity index (χ1n) is 9.77. The fraction of sp³-hybridized carbons (Fsp3) is 0.947.